The highest BCUT2D eigenvalue weighted by Gasteiger charge is 2.32. The molecule has 0 spiro atoms. The Balaban J connectivity index is 1.42. The monoisotopic (exact) mass is 734 g/mol. The zero-order valence-corrected chi connectivity index (χ0v) is 31.1. The number of Topliss-reactive ketones (excluding diaryl/α,β-unsaturated/α-hetero) is 1. The molecule has 1 unspecified atom stereocenters. The lowest BCUT2D eigenvalue weighted by Crippen LogP contribution is -2.31. The average Bonchev–Trinajstić information content (AvgIpc) is 3.40. The van der Waals surface area contributed by atoms with Crippen LogP contribution in [0.1, 0.15) is 74.1 Å². The Morgan fingerprint density at radius 3 is 2.56 bits per heavy atom. The van der Waals surface area contributed by atoms with E-state index in [0.29, 0.717) is 83.4 Å². The fourth-order valence-corrected chi connectivity index (χ4v) is 6.14. The molecule has 1 atom stereocenters. The molecule has 11 nitrogen and oxygen atoms in total. The number of hydrogen-bond donors (Lipinski definition) is 0. The van der Waals surface area contributed by atoms with Crippen LogP contribution in [0.15, 0.2) is 59.9 Å². The van der Waals surface area contributed by atoms with Crippen molar-refractivity contribution in [2.24, 2.45) is 18.0 Å². The van der Waals surface area contributed by atoms with Crippen LogP contribution in [0.3, 0.4) is 0 Å². The number of nitrogens with zero attached hydrogens (tertiary/aromatic N) is 4. The average molecular weight is 735 g/mol. The summed E-state index contributed by atoms with van der Waals surface area (Å²) in [6, 6.07) is 12.0. The zero-order chi connectivity index (χ0) is 37.6. The predicted octanol–water partition coefficient (Wildman–Crippen LogP) is 7.42. The largest absolute Gasteiger partial charge is 0.492 e. The molecule has 4 aromatic rings. The molecule has 276 valence electrons. The summed E-state index contributed by atoms with van der Waals surface area (Å²) in [5.41, 5.74) is 3.29. The number of benzene rings is 2. The molecule has 52 heavy (non-hydrogen) atoms. The summed E-state index contributed by atoms with van der Waals surface area (Å²) in [6.45, 7) is 9.90. The molecule has 2 aromatic heterocycles. The third kappa shape index (κ3) is 9.67. The lowest BCUT2D eigenvalue weighted by molar-refractivity contribution is -0.143. The Morgan fingerprint density at radius 2 is 1.83 bits per heavy atom. The van der Waals surface area contributed by atoms with Crippen LogP contribution in [0.25, 0.3) is 11.1 Å². The number of esters is 1. The molecule has 0 saturated heterocycles. The van der Waals surface area contributed by atoms with Gasteiger partial charge in [-0.25, -0.2) is 9.78 Å². The van der Waals surface area contributed by atoms with Gasteiger partial charge in [-0.05, 0) is 101 Å². The quantitative estimate of drug-likeness (QED) is 0.0838. The summed E-state index contributed by atoms with van der Waals surface area (Å²) in [7, 11) is 1.77. The number of aryl methyl sites for hydroxylation is 2. The summed E-state index contributed by atoms with van der Waals surface area (Å²) in [4.78, 5) is 46.7. The zero-order valence-electron chi connectivity index (χ0n) is 30.3. The lowest BCUT2D eigenvalue weighted by atomic mass is 9.86. The number of unbranched alkanes of at least 4 members (excludes halogenated alkanes) is 1. The molecule has 1 amide bonds. The Labute approximate surface area is 307 Å². The number of pyridine rings is 1. The minimum absolute atomic E-state index is 0.106. The minimum atomic E-state index is -0.724. The number of carbonyl (C=O) groups excluding carboxylic acids is 3. The number of imidazole rings is 1. The summed E-state index contributed by atoms with van der Waals surface area (Å²) in [5.74, 6) is -0.560. The Hall–Kier alpha value is -4.97. The number of aromatic nitrogens is 3. The maximum absolute atomic E-state index is 14.3. The number of amides is 1. The molecule has 1 aliphatic rings. The van der Waals surface area contributed by atoms with Crippen molar-refractivity contribution in [1.82, 2.24) is 14.1 Å². The van der Waals surface area contributed by atoms with Crippen molar-refractivity contribution >= 4 is 29.4 Å². The maximum atomic E-state index is 14.3. The first kappa shape index (κ1) is 38.3. The van der Waals surface area contributed by atoms with Crippen molar-refractivity contribution in [1.29, 1.82) is 0 Å². The number of carbonyl (C=O) groups is 3. The van der Waals surface area contributed by atoms with E-state index in [2.05, 4.69) is 9.98 Å². The van der Waals surface area contributed by atoms with Crippen LogP contribution in [0.5, 0.6) is 11.5 Å². The molecule has 0 N–H and O–H groups in total. The van der Waals surface area contributed by atoms with Crippen molar-refractivity contribution in [2.45, 2.75) is 72.4 Å². The second-order valence-electron chi connectivity index (χ2n) is 13.7. The Kier molecular flexibility index (Phi) is 12.2. The normalized spacial score (nSPS) is 14.5. The summed E-state index contributed by atoms with van der Waals surface area (Å²) >= 11 is 6.43. The number of halogens is 2. The number of ether oxygens (including phenoxy) is 4. The third-order valence-corrected chi connectivity index (χ3v) is 8.66. The standard InChI is InChI=1S/C39H44ClFN4O7/c1-7-49-34(46)10-8-9-17-50-32-21-25(11-13-31(32)40)18-27-23-51-36-29(28-12-14-33(41)42-24(28)2)19-26(20-30(36)35(27)47)22-45-16-15-44(6)37(45)43-38(48)52-39(3,4)5/h11-16,19-21,27H,7-10,17-18,22-23H2,1-6H3. The van der Waals surface area contributed by atoms with Gasteiger partial charge >= 0.3 is 12.1 Å². The second-order valence-corrected chi connectivity index (χ2v) is 14.1. The maximum Gasteiger partial charge on any atom is 0.437 e. The van der Waals surface area contributed by atoms with Gasteiger partial charge in [0, 0.05) is 42.7 Å². The molecule has 5 rings (SSSR count). The van der Waals surface area contributed by atoms with E-state index in [9.17, 15) is 18.8 Å². The second kappa shape index (κ2) is 16.6. The predicted molar refractivity (Wildman–Crippen MR) is 193 cm³/mol. The van der Waals surface area contributed by atoms with Crippen molar-refractivity contribution in [3.63, 3.8) is 0 Å². The number of ketones is 1. The minimum Gasteiger partial charge on any atom is -0.492 e. The van der Waals surface area contributed by atoms with Crippen LogP contribution >= 0.6 is 11.6 Å². The van der Waals surface area contributed by atoms with Gasteiger partial charge in [-0.2, -0.15) is 4.39 Å². The van der Waals surface area contributed by atoms with Crippen LogP contribution in [-0.2, 0) is 34.3 Å². The van der Waals surface area contributed by atoms with E-state index in [4.69, 9.17) is 30.5 Å². The molecular weight excluding hydrogens is 691 g/mol. The topological polar surface area (TPSA) is 123 Å². The van der Waals surface area contributed by atoms with Gasteiger partial charge in [0.05, 0.1) is 42.9 Å². The van der Waals surface area contributed by atoms with E-state index in [1.165, 1.54) is 6.07 Å². The van der Waals surface area contributed by atoms with Gasteiger partial charge in [-0.1, -0.05) is 17.7 Å². The molecule has 0 bridgehead atoms. The highest BCUT2D eigenvalue weighted by atomic mass is 35.5. The summed E-state index contributed by atoms with van der Waals surface area (Å²) in [6.07, 6.45) is 4.81. The molecule has 0 aliphatic carbocycles. The smallest absolute Gasteiger partial charge is 0.437 e. The number of rotatable bonds is 12. The van der Waals surface area contributed by atoms with Gasteiger partial charge in [0.1, 0.15) is 17.1 Å². The molecule has 0 fully saturated rings. The summed E-state index contributed by atoms with van der Waals surface area (Å²) in [5, 5.41) is 0.444. The van der Waals surface area contributed by atoms with Gasteiger partial charge < -0.3 is 28.1 Å². The highest BCUT2D eigenvalue weighted by molar-refractivity contribution is 6.32. The van der Waals surface area contributed by atoms with Crippen molar-refractivity contribution in [3.8, 4) is 22.6 Å². The van der Waals surface area contributed by atoms with Crippen molar-refractivity contribution in [2.75, 3.05) is 19.8 Å². The first-order chi connectivity index (χ1) is 24.7. The van der Waals surface area contributed by atoms with Crippen LogP contribution in [0.2, 0.25) is 5.02 Å². The van der Waals surface area contributed by atoms with Gasteiger partial charge in [0.15, 0.2) is 5.78 Å². The molecule has 3 heterocycles. The fourth-order valence-electron chi connectivity index (χ4n) is 5.97. The fraction of sp³-hybridized carbons (Fsp3) is 0.410. The lowest BCUT2D eigenvalue weighted by Gasteiger charge is -2.27. The first-order valence-corrected chi connectivity index (χ1v) is 17.6. The molecule has 0 radical (unpaired) electrons. The van der Waals surface area contributed by atoms with Gasteiger partial charge in [0.25, 0.3) is 0 Å². The van der Waals surface area contributed by atoms with Gasteiger partial charge in [-0.15, -0.1) is 4.99 Å². The molecule has 1 aliphatic heterocycles. The van der Waals surface area contributed by atoms with E-state index < -0.39 is 23.6 Å². The Bertz CT molecular complexity index is 2030. The SMILES string of the molecule is CCOC(=O)CCCCOc1cc(CC2COc3c(cc(Cn4ccn(C)c4=NC(=O)OC(C)(C)C)cc3-c3ccc(F)nc3C)C2=O)ccc1Cl. The molecule has 0 saturated carbocycles. The van der Waals surface area contributed by atoms with E-state index in [1.807, 2.05) is 18.2 Å². The van der Waals surface area contributed by atoms with Crippen LogP contribution in [0.4, 0.5) is 9.18 Å². The van der Waals surface area contributed by atoms with E-state index in [0.717, 1.165) is 11.1 Å². The summed E-state index contributed by atoms with van der Waals surface area (Å²) < 4.78 is 40.2. The van der Waals surface area contributed by atoms with Crippen molar-refractivity contribution in [3.05, 3.63) is 93.8 Å². The van der Waals surface area contributed by atoms with Crippen LogP contribution in [-0.4, -0.2) is 57.4 Å². The number of fused-ring (bicyclic) bond motifs is 1. The van der Waals surface area contributed by atoms with Crippen LogP contribution in [0, 0.1) is 18.8 Å². The van der Waals surface area contributed by atoms with E-state index in [1.54, 1.807) is 81.4 Å². The van der Waals surface area contributed by atoms with Gasteiger partial charge in [-0.3, -0.25) is 9.59 Å². The number of hydrogen-bond acceptors (Lipinski definition) is 8. The van der Waals surface area contributed by atoms with Gasteiger partial charge in [0.2, 0.25) is 11.6 Å². The van der Waals surface area contributed by atoms with E-state index in [-0.39, 0.29) is 24.9 Å². The Morgan fingerprint density at radius 1 is 1.06 bits per heavy atom. The molecule has 13 heteroatoms. The van der Waals surface area contributed by atoms with E-state index >= 15 is 0 Å². The molecular formula is C39H44ClFN4O7. The highest BCUT2D eigenvalue weighted by Crippen LogP contribution is 2.40. The van der Waals surface area contributed by atoms with Crippen LogP contribution < -0.4 is 15.1 Å². The molecule has 2 aromatic carbocycles. The van der Waals surface area contributed by atoms with Crippen molar-refractivity contribution < 1.29 is 37.7 Å². The third-order valence-electron chi connectivity index (χ3n) is 8.35. The first-order valence-electron chi connectivity index (χ1n) is 17.3.